The Bertz CT molecular complexity index is 1390. The van der Waals surface area contributed by atoms with E-state index >= 15 is 0 Å². The van der Waals surface area contributed by atoms with E-state index in [-0.39, 0.29) is 23.3 Å². The van der Waals surface area contributed by atoms with E-state index in [2.05, 4.69) is 43.1 Å². The molecule has 0 bridgehead atoms. The maximum absolute atomic E-state index is 13.6. The number of hydrogen-bond acceptors (Lipinski definition) is 6. The molecule has 0 spiro atoms. The van der Waals surface area contributed by atoms with Crippen molar-refractivity contribution in [2.75, 3.05) is 12.3 Å². The lowest BCUT2D eigenvalue weighted by Gasteiger charge is -2.33. The number of fused-ring (bicyclic) bond motifs is 3. The molecule has 1 fully saturated rings. The maximum atomic E-state index is 13.6. The van der Waals surface area contributed by atoms with Crippen LogP contribution in [-0.4, -0.2) is 43.7 Å². The van der Waals surface area contributed by atoms with Gasteiger partial charge >= 0.3 is 0 Å². The number of piperidine rings is 1. The van der Waals surface area contributed by atoms with Crippen LogP contribution in [0.3, 0.4) is 0 Å². The zero-order valence-corrected chi connectivity index (χ0v) is 21.1. The molecule has 34 heavy (non-hydrogen) atoms. The van der Waals surface area contributed by atoms with Crippen LogP contribution in [0, 0.1) is 0 Å². The number of aromatic nitrogens is 3. The van der Waals surface area contributed by atoms with Crippen LogP contribution in [0.25, 0.3) is 20.4 Å². The monoisotopic (exact) mass is 492 g/mol. The minimum absolute atomic E-state index is 0.0751. The summed E-state index contributed by atoms with van der Waals surface area (Å²) in [4.78, 5) is 38.8. The van der Waals surface area contributed by atoms with Crippen molar-refractivity contribution in [2.24, 2.45) is 0 Å². The number of aryl methyl sites for hydroxylation is 1. The minimum atomic E-state index is -0.0751. The topological polar surface area (TPSA) is 68.1 Å². The molecular formula is C26H28N4O2S2. The summed E-state index contributed by atoms with van der Waals surface area (Å²) in [6.45, 7) is 5.47. The van der Waals surface area contributed by atoms with Crippen LogP contribution >= 0.6 is 23.1 Å². The fourth-order valence-electron chi connectivity index (χ4n) is 4.53. The molecule has 3 aromatic heterocycles. The number of rotatable bonds is 6. The second-order valence-electron chi connectivity index (χ2n) is 8.81. The van der Waals surface area contributed by atoms with Gasteiger partial charge in [-0.25, -0.2) is 9.97 Å². The van der Waals surface area contributed by atoms with E-state index in [0.717, 1.165) is 41.6 Å². The summed E-state index contributed by atoms with van der Waals surface area (Å²) in [5, 5.41) is 1.47. The molecule has 1 atom stereocenters. The Balaban J connectivity index is 1.53. The number of hydrogen-bond donors (Lipinski definition) is 0. The Morgan fingerprint density at radius 2 is 1.97 bits per heavy atom. The number of nitrogens with zero attached hydrogens (tertiary/aromatic N) is 4. The van der Waals surface area contributed by atoms with Crippen molar-refractivity contribution in [3.8, 4) is 0 Å². The Morgan fingerprint density at radius 3 is 2.74 bits per heavy atom. The molecule has 1 aliphatic rings. The van der Waals surface area contributed by atoms with E-state index in [4.69, 9.17) is 4.98 Å². The predicted octanol–water partition coefficient (Wildman–Crippen LogP) is 5.11. The number of carbonyl (C=O) groups excluding carboxylic acids is 1. The zero-order chi connectivity index (χ0) is 23.7. The highest BCUT2D eigenvalue weighted by atomic mass is 32.2. The summed E-state index contributed by atoms with van der Waals surface area (Å²) in [7, 11) is 0. The summed E-state index contributed by atoms with van der Waals surface area (Å²) in [5.74, 6) is 0.388. The molecule has 1 amide bonds. The third-order valence-electron chi connectivity index (χ3n) is 6.54. The quantitative estimate of drug-likeness (QED) is 0.276. The van der Waals surface area contributed by atoms with Gasteiger partial charge < -0.3 is 4.90 Å². The average molecular weight is 493 g/mol. The fourth-order valence-corrected chi connectivity index (χ4v) is 6.44. The van der Waals surface area contributed by atoms with Gasteiger partial charge in [-0.1, -0.05) is 43.0 Å². The van der Waals surface area contributed by atoms with Gasteiger partial charge in [0.1, 0.15) is 9.53 Å². The summed E-state index contributed by atoms with van der Waals surface area (Å²) in [6.07, 6.45) is 5.98. The largest absolute Gasteiger partial charge is 0.339 e. The van der Waals surface area contributed by atoms with Crippen LogP contribution in [0.2, 0.25) is 0 Å². The van der Waals surface area contributed by atoms with Gasteiger partial charge in [0.15, 0.2) is 5.16 Å². The molecule has 6 nitrogen and oxygen atoms in total. The number of pyridine rings is 1. The van der Waals surface area contributed by atoms with E-state index in [0.29, 0.717) is 21.9 Å². The molecule has 176 valence electrons. The summed E-state index contributed by atoms with van der Waals surface area (Å²) in [5.41, 5.74) is 2.90. The first-order valence-corrected chi connectivity index (χ1v) is 13.6. The van der Waals surface area contributed by atoms with E-state index in [1.165, 1.54) is 35.1 Å². The number of likely N-dealkylation sites (tertiary alicyclic amines) is 1. The van der Waals surface area contributed by atoms with Gasteiger partial charge in [-0.15, -0.1) is 11.3 Å². The SMILES string of the molecule is CCc1ccc(Cn2c(SCC(=O)N3CCCC[C@@H]3C)nc3c(sc4ncccc43)c2=O)cc1. The van der Waals surface area contributed by atoms with Crippen molar-refractivity contribution >= 4 is 49.4 Å². The molecule has 4 aromatic rings. The van der Waals surface area contributed by atoms with Crippen molar-refractivity contribution in [3.05, 3.63) is 64.1 Å². The number of amides is 1. The molecule has 0 N–H and O–H groups in total. The number of thiophene rings is 1. The molecule has 4 heterocycles. The number of carbonyl (C=O) groups is 1. The fraction of sp³-hybridized carbons (Fsp3) is 0.385. The Morgan fingerprint density at radius 1 is 1.18 bits per heavy atom. The lowest BCUT2D eigenvalue weighted by molar-refractivity contribution is -0.131. The molecule has 0 radical (unpaired) electrons. The van der Waals surface area contributed by atoms with Crippen molar-refractivity contribution < 1.29 is 4.79 Å². The van der Waals surface area contributed by atoms with Crippen LogP contribution in [0.15, 0.2) is 52.5 Å². The second kappa shape index (κ2) is 9.88. The van der Waals surface area contributed by atoms with Crippen LogP contribution in [0.4, 0.5) is 0 Å². The van der Waals surface area contributed by atoms with Gasteiger partial charge in [-0.2, -0.15) is 0 Å². The summed E-state index contributed by atoms with van der Waals surface area (Å²) < 4.78 is 2.33. The van der Waals surface area contributed by atoms with Crippen LogP contribution in [0.1, 0.15) is 44.2 Å². The van der Waals surface area contributed by atoms with Crippen molar-refractivity contribution in [1.29, 1.82) is 0 Å². The maximum Gasteiger partial charge on any atom is 0.272 e. The van der Waals surface area contributed by atoms with Gasteiger partial charge in [0, 0.05) is 24.2 Å². The van der Waals surface area contributed by atoms with Gasteiger partial charge in [-0.05, 0) is 55.9 Å². The van der Waals surface area contributed by atoms with E-state index in [1.807, 2.05) is 17.0 Å². The third kappa shape index (κ3) is 4.49. The Labute approximate surface area is 207 Å². The Kier molecular flexibility index (Phi) is 6.70. The van der Waals surface area contributed by atoms with Crippen molar-refractivity contribution in [1.82, 2.24) is 19.4 Å². The van der Waals surface area contributed by atoms with Gasteiger partial charge in [-0.3, -0.25) is 14.2 Å². The summed E-state index contributed by atoms with van der Waals surface area (Å²) >= 11 is 2.75. The zero-order valence-electron chi connectivity index (χ0n) is 19.5. The van der Waals surface area contributed by atoms with Crippen molar-refractivity contribution in [2.45, 2.75) is 57.3 Å². The minimum Gasteiger partial charge on any atom is -0.339 e. The first kappa shape index (κ1) is 23.1. The van der Waals surface area contributed by atoms with Crippen LogP contribution < -0.4 is 5.56 Å². The molecule has 0 saturated carbocycles. The average Bonchev–Trinajstić information content (AvgIpc) is 3.24. The van der Waals surface area contributed by atoms with Gasteiger partial charge in [0.05, 0.1) is 17.8 Å². The normalized spacial score (nSPS) is 16.4. The summed E-state index contributed by atoms with van der Waals surface area (Å²) in [6, 6.07) is 12.4. The van der Waals surface area contributed by atoms with Crippen LogP contribution in [0.5, 0.6) is 0 Å². The molecule has 5 rings (SSSR count). The van der Waals surface area contributed by atoms with E-state index in [1.54, 1.807) is 10.8 Å². The third-order valence-corrected chi connectivity index (χ3v) is 8.59. The highest BCUT2D eigenvalue weighted by molar-refractivity contribution is 7.99. The van der Waals surface area contributed by atoms with Gasteiger partial charge in [0.2, 0.25) is 5.91 Å². The van der Waals surface area contributed by atoms with Gasteiger partial charge in [0.25, 0.3) is 5.56 Å². The molecule has 0 unspecified atom stereocenters. The molecule has 1 aromatic carbocycles. The second-order valence-corrected chi connectivity index (χ2v) is 10.8. The van der Waals surface area contributed by atoms with Crippen molar-refractivity contribution in [3.63, 3.8) is 0 Å². The lowest BCUT2D eigenvalue weighted by Crippen LogP contribution is -2.43. The highest BCUT2D eigenvalue weighted by Gasteiger charge is 2.24. The molecule has 8 heteroatoms. The lowest BCUT2D eigenvalue weighted by atomic mass is 10.0. The molecule has 1 saturated heterocycles. The number of benzene rings is 1. The molecule has 1 aliphatic heterocycles. The molecular weight excluding hydrogens is 464 g/mol. The standard InChI is InChI=1S/C26H28N4O2S2/c1-3-18-9-11-19(12-10-18)15-30-25(32)23-22(20-8-6-13-27-24(20)34-23)28-26(30)33-16-21(31)29-14-5-4-7-17(29)2/h6,8-13,17H,3-5,7,14-16H2,1-2H3/t17-/m0/s1. The van der Waals surface area contributed by atoms with E-state index in [9.17, 15) is 9.59 Å². The Hall–Kier alpha value is -2.71. The van der Waals surface area contributed by atoms with Crippen LogP contribution in [-0.2, 0) is 17.8 Å². The van der Waals surface area contributed by atoms with E-state index < -0.39 is 0 Å². The predicted molar refractivity (Wildman–Crippen MR) is 140 cm³/mol. The number of thioether (sulfide) groups is 1. The highest BCUT2D eigenvalue weighted by Crippen LogP contribution is 2.31. The molecule has 0 aliphatic carbocycles. The smallest absolute Gasteiger partial charge is 0.272 e. The first-order chi connectivity index (χ1) is 16.5. The first-order valence-electron chi connectivity index (χ1n) is 11.8.